The van der Waals surface area contributed by atoms with Crippen molar-refractivity contribution in [3.63, 3.8) is 0 Å². The summed E-state index contributed by atoms with van der Waals surface area (Å²) in [6.45, 7) is 5.84. The molecule has 0 unspecified atom stereocenters. The molecule has 0 aliphatic heterocycles. The van der Waals surface area contributed by atoms with Gasteiger partial charge in [0.2, 0.25) is 0 Å². The predicted molar refractivity (Wildman–Crippen MR) is 73.9 cm³/mol. The normalized spacial score (nSPS) is 17.5. The molecule has 5 nitrogen and oxygen atoms in total. The number of hydrogen-bond donors (Lipinski definition) is 2. The number of aromatic nitrogens is 2. The summed E-state index contributed by atoms with van der Waals surface area (Å²) in [4.78, 5) is 19.1. The molecule has 2 N–H and O–H groups in total. The predicted octanol–water partition coefficient (Wildman–Crippen LogP) is 1.54. The van der Waals surface area contributed by atoms with E-state index in [-0.39, 0.29) is 11.2 Å². The molecule has 1 fully saturated rings. The number of nitrogens with zero attached hydrogens (tertiary/aromatic N) is 1. The molecular formula is C14H23N3O2. The van der Waals surface area contributed by atoms with Crippen molar-refractivity contribution in [2.24, 2.45) is 5.92 Å². The van der Waals surface area contributed by atoms with E-state index in [0.717, 1.165) is 31.5 Å². The third-order valence-electron chi connectivity index (χ3n) is 3.64. The van der Waals surface area contributed by atoms with Gasteiger partial charge in [-0.2, -0.15) is 0 Å². The molecule has 0 spiro atoms. The van der Waals surface area contributed by atoms with Crippen LogP contribution in [-0.2, 0) is 16.9 Å². The van der Waals surface area contributed by atoms with Crippen molar-refractivity contribution < 1.29 is 4.74 Å². The average molecular weight is 265 g/mol. The Labute approximate surface area is 113 Å². The van der Waals surface area contributed by atoms with E-state index in [9.17, 15) is 4.79 Å². The first kappa shape index (κ1) is 14.2. The minimum absolute atomic E-state index is 0.102. The summed E-state index contributed by atoms with van der Waals surface area (Å²) < 4.78 is 5.56. The van der Waals surface area contributed by atoms with Crippen molar-refractivity contribution in [1.29, 1.82) is 0 Å². The lowest BCUT2D eigenvalue weighted by Crippen LogP contribution is -2.39. The fraction of sp³-hybridized carbons (Fsp3) is 0.714. The third-order valence-corrected chi connectivity index (χ3v) is 3.64. The van der Waals surface area contributed by atoms with E-state index < -0.39 is 0 Å². The van der Waals surface area contributed by atoms with Gasteiger partial charge < -0.3 is 15.0 Å². The summed E-state index contributed by atoms with van der Waals surface area (Å²) in [5.41, 5.74) is 0.310. The number of H-pyrrole nitrogens is 1. The molecule has 1 heterocycles. The van der Waals surface area contributed by atoms with Crippen molar-refractivity contribution in [3.05, 3.63) is 27.9 Å². The van der Waals surface area contributed by atoms with Crippen molar-refractivity contribution in [3.8, 4) is 0 Å². The second-order valence-corrected chi connectivity index (χ2v) is 5.66. The number of aromatic amines is 1. The summed E-state index contributed by atoms with van der Waals surface area (Å²) in [6.07, 6.45) is 2.97. The van der Waals surface area contributed by atoms with Gasteiger partial charge >= 0.3 is 0 Å². The van der Waals surface area contributed by atoms with Gasteiger partial charge in [-0.3, -0.25) is 4.79 Å². The van der Waals surface area contributed by atoms with Crippen LogP contribution in [0.15, 0.2) is 10.9 Å². The van der Waals surface area contributed by atoms with Gasteiger partial charge in [-0.05, 0) is 31.7 Å². The Morgan fingerprint density at radius 3 is 2.79 bits per heavy atom. The molecule has 0 amide bonds. The first-order chi connectivity index (χ1) is 9.05. The Bertz CT molecular complexity index is 472. The first-order valence-corrected chi connectivity index (χ1v) is 6.92. The average Bonchev–Trinajstić information content (AvgIpc) is 2.27. The molecule has 0 bridgehead atoms. The van der Waals surface area contributed by atoms with Crippen LogP contribution in [0.3, 0.4) is 0 Å². The van der Waals surface area contributed by atoms with Gasteiger partial charge in [0.1, 0.15) is 11.4 Å². The minimum Gasteiger partial charge on any atom is -0.370 e. The molecule has 0 radical (unpaired) electrons. The lowest BCUT2D eigenvalue weighted by Gasteiger charge is -2.39. The molecule has 0 aromatic carbocycles. The minimum atomic E-state index is -0.368. The van der Waals surface area contributed by atoms with Gasteiger partial charge in [0.25, 0.3) is 5.56 Å². The van der Waals surface area contributed by atoms with Crippen LogP contribution in [0.1, 0.15) is 44.6 Å². The Kier molecular flexibility index (Phi) is 4.37. The summed E-state index contributed by atoms with van der Waals surface area (Å²) in [5.74, 6) is 1.26. The van der Waals surface area contributed by atoms with E-state index in [1.807, 2.05) is 0 Å². The lowest BCUT2D eigenvalue weighted by atomic mass is 9.79. The topological polar surface area (TPSA) is 67.0 Å². The summed E-state index contributed by atoms with van der Waals surface area (Å²) >= 11 is 0. The van der Waals surface area contributed by atoms with E-state index >= 15 is 0 Å². The van der Waals surface area contributed by atoms with Crippen molar-refractivity contribution in [2.75, 3.05) is 13.7 Å². The third kappa shape index (κ3) is 3.22. The van der Waals surface area contributed by atoms with Crippen LogP contribution >= 0.6 is 0 Å². The molecule has 1 aliphatic carbocycles. The zero-order valence-corrected chi connectivity index (χ0v) is 12.0. The van der Waals surface area contributed by atoms with Gasteiger partial charge in [0, 0.05) is 19.7 Å². The molecular weight excluding hydrogens is 242 g/mol. The van der Waals surface area contributed by atoms with Gasteiger partial charge in [0.15, 0.2) is 0 Å². The monoisotopic (exact) mass is 265 g/mol. The van der Waals surface area contributed by atoms with Crippen LogP contribution in [0.25, 0.3) is 0 Å². The van der Waals surface area contributed by atoms with Gasteiger partial charge in [-0.25, -0.2) is 4.98 Å². The number of methoxy groups -OCH3 is 1. The molecule has 1 aromatic heterocycles. The van der Waals surface area contributed by atoms with E-state index in [0.29, 0.717) is 18.3 Å². The van der Waals surface area contributed by atoms with Crippen LogP contribution in [0.2, 0.25) is 0 Å². The Morgan fingerprint density at radius 1 is 1.53 bits per heavy atom. The zero-order chi connectivity index (χ0) is 13.9. The standard InChI is InChI=1S/C14H23N3O2/c1-10(2)8-15-9-11-7-12(18)17-13(16-11)14(19-3)5-4-6-14/h7,10,15H,4-6,8-9H2,1-3H3,(H,16,17,18). The lowest BCUT2D eigenvalue weighted by molar-refractivity contribution is -0.0849. The van der Waals surface area contributed by atoms with Crippen LogP contribution in [0, 0.1) is 5.92 Å². The summed E-state index contributed by atoms with van der Waals surface area (Å²) in [6, 6.07) is 1.55. The highest BCUT2D eigenvalue weighted by molar-refractivity contribution is 5.12. The van der Waals surface area contributed by atoms with E-state index in [4.69, 9.17) is 4.74 Å². The second kappa shape index (κ2) is 5.84. The fourth-order valence-corrected chi connectivity index (χ4v) is 2.34. The number of rotatable bonds is 6. The number of hydrogen-bond acceptors (Lipinski definition) is 4. The molecule has 1 aliphatic rings. The largest absolute Gasteiger partial charge is 0.370 e. The van der Waals surface area contributed by atoms with Gasteiger partial charge in [0.05, 0.1) is 5.69 Å². The maximum absolute atomic E-state index is 11.7. The highest BCUT2D eigenvalue weighted by Gasteiger charge is 2.41. The fourth-order valence-electron chi connectivity index (χ4n) is 2.34. The zero-order valence-electron chi connectivity index (χ0n) is 12.0. The van der Waals surface area contributed by atoms with E-state index in [1.54, 1.807) is 13.2 Å². The Morgan fingerprint density at radius 2 is 2.26 bits per heavy atom. The SMILES string of the molecule is COC1(c2nc(CNCC(C)C)cc(=O)[nH]2)CCC1. The smallest absolute Gasteiger partial charge is 0.251 e. The van der Waals surface area contributed by atoms with E-state index in [2.05, 4.69) is 29.1 Å². The van der Waals surface area contributed by atoms with Crippen molar-refractivity contribution >= 4 is 0 Å². The molecule has 0 atom stereocenters. The van der Waals surface area contributed by atoms with Crippen LogP contribution < -0.4 is 10.9 Å². The molecule has 1 aromatic rings. The van der Waals surface area contributed by atoms with Crippen molar-refractivity contribution in [1.82, 2.24) is 15.3 Å². The maximum atomic E-state index is 11.7. The molecule has 2 rings (SSSR count). The number of nitrogens with one attached hydrogen (secondary N) is 2. The second-order valence-electron chi connectivity index (χ2n) is 5.66. The van der Waals surface area contributed by atoms with Crippen molar-refractivity contribution in [2.45, 2.75) is 45.3 Å². The first-order valence-electron chi connectivity index (χ1n) is 6.92. The highest BCUT2D eigenvalue weighted by Crippen LogP contribution is 2.42. The van der Waals surface area contributed by atoms with Gasteiger partial charge in [-0.15, -0.1) is 0 Å². The molecule has 1 saturated carbocycles. The van der Waals surface area contributed by atoms with Crippen LogP contribution in [-0.4, -0.2) is 23.6 Å². The maximum Gasteiger partial charge on any atom is 0.251 e. The molecule has 19 heavy (non-hydrogen) atoms. The summed E-state index contributed by atoms with van der Waals surface area (Å²) in [7, 11) is 1.68. The van der Waals surface area contributed by atoms with E-state index in [1.165, 1.54) is 0 Å². The Balaban J connectivity index is 2.13. The highest BCUT2D eigenvalue weighted by atomic mass is 16.5. The molecule has 5 heteroatoms. The van der Waals surface area contributed by atoms with Gasteiger partial charge in [-0.1, -0.05) is 13.8 Å². The van der Waals surface area contributed by atoms with Crippen LogP contribution in [0.4, 0.5) is 0 Å². The molecule has 106 valence electrons. The Hall–Kier alpha value is -1.20. The molecule has 0 saturated heterocycles. The van der Waals surface area contributed by atoms with Crippen LogP contribution in [0.5, 0.6) is 0 Å². The summed E-state index contributed by atoms with van der Waals surface area (Å²) in [5, 5.41) is 3.30. The quantitative estimate of drug-likeness (QED) is 0.819. The number of ether oxygens (including phenoxy) is 1.